The SMILES string of the molecule is CCS(=O)(=O)c1cc(F)cc([C@]2(OCC3CC3)CC[C@@](C(=O)O)(c3ccc(F)cc3)CC2)c1. The number of ether oxygens (including phenoxy) is 1. The Hall–Kier alpha value is -2.32. The van der Waals surface area contributed by atoms with Gasteiger partial charge >= 0.3 is 5.97 Å². The van der Waals surface area contributed by atoms with Crippen LogP contribution in [-0.4, -0.2) is 31.9 Å². The monoisotopic (exact) mass is 478 g/mol. The topological polar surface area (TPSA) is 80.7 Å². The van der Waals surface area contributed by atoms with Gasteiger partial charge in [-0.25, -0.2) is 17.2 Å². The fraction of sp³-hybridized carbons (Fsp3) is 0.480. The fourth-order valence-electron chi connectivity index (χ4n) is 4.73. The zero-order valence-electron chi connectivity index (χ0n) is 18.5. The maximum absolute atomic E-state index is 14.6. The van der Waals surface area contributed by atoms with Crippen LogP contribution in [0.4, 0.5) is 8.78 Å². The molecule has 33 heavy (non-hydrogen) atoms. The first-order chi connectivity index (χ1) is 15.6. The van der Waals surface area contributed by atoms with E-state index in [4.69, 9.17) is 4.74 Å². The van der Waals surface area contributed by atoms with E-state index in [0.29, 0.717) is 23.7 Å². The molecular weight excluding hydrogens is 450 g/mol. The number of hydrogen-bond donors (Lipinski definition) is 1. The zero-order chi connectivity index (χ0) is 23.9. The number of aliphatic carboxylic acids is 1. The summed E-state index contributed by atoms with van der Waals surface area (Å²) in [5.41, 5.74) is -1.26. The summed E-state index contributed by atoms with van der Waals surface area (Å²) in [4.78, 5) is 12.3. The largest absolute Gasteiger partial charge is 0.481 e. The molecule has 0 spiro atoms. The van der Waals surface area contributed by atoms with Gasteiger partial charge in [0.25, 0.3) is 0 Å². The van der Waals surface area contributed by atoms with Crippen molar-refractivity contribution in [3.05, 3.63) is 65.2 Å². The molecule has 0 aromatic heterocycles. The van der Waals surface area contributed by atoms with Crippen molar-refractivity contribution in [1.29, 1.82) is 0 Å². The third kappa shape index (κ3) is 4.68. The third-order valence-electron chi connectivity index (χ3n) is 7.15. The Labute approximate surface area is 192 Å². The molecule has 0 bridgehead atoms. The Balaban J connectivity index is 1.72. The summed E-state index contributed by atoms with van der Waals surface area (Å²) in [5.74, 6) is -1.85. The molecule has 2 aliphatic rings. The highest BCUT2D eigenvalue weighted by Gasteiger charge is 2.50. The number of halogens is 2. The van der Waals surface area contributed by atoms with Crippen molar-refractivity contribution in [3.8, 4) is 0 Å². The summed E-state index contributed by atoms with van der Waals surface area (Å²) in [6.45, 7) is 1.97. The minimum atomic E-state index is -3.64. The summed E-state index contributed by atoms with van der Waals surface area (Å²) in [6, 6.07) is 9.28. The van der Waals surface area contributed by atoms with Gasteiger partial charge in [-0.15, -0.1) is 0 Å². The standard InChI is InChI=1S/C25H28F2O5S/c1-2-33(30,31)22-14-19(13-21(27)15-22)25(32-16-17-3-4-17)11-9-24(10-12-25,23(28)29)18-5-7-20(26)8-6-18/h5-8,13-15,17H,2-4,9-12,16H2,1H3,(H,28,29)/t24-,25-. The molecule has 2 aliphatic carbocycles. The van der Waals surface area contributed by atoms with Crippen LogP contribution >= 0.6 is 0 Å². The van der Waals surface area contributed by atoms with Gasteiger partial charge in [0.2, 0.25) is 0 Å². The van der Waals surface area contributed by atoms with E-state index in [0.717, 1.165) is 18.9 Å². The fourth-order valence-corrected chi connectivity index (χ4v) is 5.66. The quantitative estimate of drug-likeness (QED) is 0.579. The van der Waals surface area contributed by atoms with Gasteiger partial charge in [-0.1, -0.05) is 19.1 Å². The predicted molar refractivity (Wildman–Crippen MR) is 119 cm³/mol. The molecule has 2 aromatic carbocycles. The first-order valence-corrected chi connectivity index (χ1v) is 12.9. The van der Waals surface area contributed by atoms with E-state index in [-0.39, 0.29) is 36.3 Å². The Bertz CT molecular complexity index is 1130. The van der Waals surface area contributed by atoms with Gasteiger partial charge in [0, 0.05) is 0 Å². The molecule has 1 N–H and O–H groups in total. The van der Waals surface area contributed by atoms with E-state index >= 15 is 0 Å². The molecule has 2 saturated carbocycles. The van der Waals surface area contributed by atoms with Crippen LogP contribution in [-0.2, 0) is 30.4 Å². The average Bonchev–Trinajstić information content (AvgIpc) is 3.63. The second kappa shape index (κ2) is 8.80. The normalized spacial score (nSPS) is 25.7. The van der Waals surface area contributed by atoms with Crippen molar-refractivity contribution in [2.75, 3.05) is 12.4 Å². The average molecular weight is 479 g/mol. The summed E-state index contributed by atoms with van der Waals surface area (Å²) in [7, 11) is -3.64. The molecule has 0 radical (unpaired) electrons. The van der Waals surface area contributed by atoms with E-state index < -0.39 is 38.5 Å². The summed E-state index contributed by atoms with van der Waals surface area (Å²) < 4.78 is 59.3. The number of carbonyl (C=O) groups is 1. The first kappa shape index (κ1) is 23.8. The highest BCUT2D eigenvalue weighted by atomic mass is 32.2. The number of benzene rings is 2. The minimum Gasteiger partial charge on any atom is -0.481 e. The Morgan fingerprint density at radius 3 is 2.18 bits per heavy atom. The summed E-state index contributed by atoms with van der Waals surface area (Å²) >= 11 is 0. The van der Waals surface area contributed by atoms with Gasteiger partial charge in [-0.2, -0.15) is 0 Å². The van der Waals surface area contributed by atoms with Gasteiger partial charge in [0.05, 0.1) is 28.3 Å². The van der Waals surface area contributed by atoms with E-state index in [1.165, 1.54) is 43.3 Å². The lowest BCUT2D eigenvalue weighted by Gasteiger charge is -2.45. The number of carboxylic acid groups (broad SMARTS) is 1. The van der Waals surface area contributed by atoms with Crippen LogP contribution in [0.5, 0.6) is 0 Å². The van der Waals surface area contributed by atoms with Crippen LogP contribution in [0.3, 0.4) is 0 Å². The van der Waals surface area contributed by atoms with Crippen LogP contribution < -0.4 is 0 Å². The Morgan fingerprint density at radius 1 is 1.00 bits per heavy atom. The molecule has 2 aromatic rings. The highest BCUT2D eigenvalue weighted by molar-refractivity contribution is 7.91. The highest BCUT2D eigenvalue weighted by Crippen LogP contribution is 2.50. The molecule has 5 nitrogen and oxygen atoms in total. The third-order valence-corrected chi connectivity index (χ3v) is 8.86. The maximum atomic E-state index is 14.6. The van der Waals surface area contributed by atoms with Crippen LogP contribution in [0, 0.1) is 17.6 Å². The molecular formula is C25H28F2O5S. The Kier molecular flexibility index (Phi) is 6.35. The van der Waals surface area contributed by atoms with Crippen LogP contribution in [0.1, 0.15) is 56.6 Å². The number of sulfone groups is 1. The molecule has 0 unspecified atom stereocenters. The molecule has 0 aliphatic heterocycles. The van der Waals surface area contributed by atoms with Crippen molar-refractivity contribution in [2.45, 2.75) is 61.4 Å². The zero-order valence-corrected chi connectivity index (χ0v) is 19.3. The van der Waals surface area contributed by atoms with E-state index in [2.05, 4.69) is 0 Å². The van der Waals surface area contributed by atoms with Gasteiger partial charge in [0.15, 0.2) is 9.84 Å². The van der Waals surface area contributed by atoms with Crippen molar-refractivity contribution in [1.82, 2.24) is 0 Å². The van der Waals surface area contributed by atoms with Crippen molar-refractivity contribution >= 4 is 15.8 Å². The first-order valence-electron chi connectivity index (χ1n) is 11.3. The predicted octanol–water partition coefficient (Wildman–Crippen LogP) is 4.98. The summed E-state index contributed by atoms with van der Waals surface area (Å²) in [5, 5.41) is 10.1. The molecule has 0 atom stereocenters. The molecule has 2 fully saturated rings. The molecule has 0 heterocycles. The molecule has 0 amide bonds. The summed E-state index contributed by atoms with van der Waals surface area (Å²) in [6.07, 6.45) is 3.04. The lowest BCUT2D eigenvalue weighted by atomic mass is 9.63. The van der Waals surface area contributed by atoms with Crippen LogP contribution in [0.15, 0.2) is 47.4 Å². The lowest BCUT2D eigenvalue weighted by Crippen LogP contribution is -2.46. The Morgan fingerprint density at radius 2 is 1.64 bits per heavy atom. The second-order valence-corrected chi connectivity index (χ2v) is 11.5. The molecule has 8 heteroatoms. The van der Waals surface area contributed by atoms with E-state index in [9.17, 15) is 27.1 Å². The van der Waals surface area contributed by atoms with Crippen molar-refractivity contribution in [2.24, 2.45) is 5.92 Å². The molecule has 4 rings (SSSR count). The van der Waals surface area contributed by atoms with E-state index in [1.807, 2.05) is 0 Å². The maximum Gasteiger partial charge on any atom is 0.314 e. The number of carboxylic acids is 1. The minimum absolute atomic E-state index is 0.0944. The van der Waals surface area contributed by atoms with Gasteiger partial charge in [0.1, 0.15) is 11.6 Å². The lowest BCUT2D eigenvalue weighted by molar-refractivity contribution is -0.151. The smallest absolute Gasteiger partial charge is 0.314 e. The molecule has 0 saturated heterocycles. The second-order valence-electron chi connectivity index (χ2n) is 9.22. The van der Waals surface area contributed by atoms with E-state index in [1.54, 1.807) is 0 Å². The van der Waals surface area contributed by atoms with Gasteiger partial charge in [-0.3, -0.25) is 4.79 Å². The van der Waals surface area contributed by atoms with Crippen molar-refractivity contribution in [3.63, 3.8) is 0 Å². The number of rotatable bonds is 8. The number of hydrogen-bond acceptors (Lipinski definition) is 4. The van der Waals surface area contributed by atoms with Gasteiger partial charge in [-0.05, 0) is 85.9 Å². The van der Waals surface area contributed by atoms with Crippen molar-refractivity contribution < 1.29 is 31.8 Å². The van der Waals surface area contributed by atoms with Crippen LogP contribution in [0.2, 0.25) is 0 Å². The van der Waals surface area contributed by atoms with Crippen LogP contribution in [0.25, 0.3) is 0 Å². The molecule has 178 valence electrons. The van der Waals surface area contributed by atoms with Gasteiger partial charge < -0.3 is 9.84 Å².